The zero-order chi connectivity index (χ0) is 15.8. The zero-order valence-corrected chi connectivity index (χ0v) is 15.1. The molecule has 3 N–H and O–H groups in total. The highest BCUT2D eigenvalue weighted by Gasteiger charge is 2.29. The Morgan fingerprint density at radius 1 is 1.24 bits per heavy atom. The van der Waals surface area contributed by atoms with E-state index in [4.69, 9.17) is 5.73 Å². The van der Waals surface area contributed by atoms with Crippen LogP contribution in [0.25, 0.3) is 0 Å². The number of halogens is 1. The number of sulfonamides is 1. The third-order valence-corrected chi connectivity index (χ3v) is 6.68. The zero-order valence-electron chi connectivity index (χ0n) is 12.7. The number of nitrogens with one attached hydrogen (secondary N) is 1. The first kappa shape index (κ1) is 16.8. The molecule has 1 aromatic carbocycles. The Balaban J connectivity index is 2.23. The number of benzene rings is 1. The van der Waals surface area contributed by atoms with Crippen molar-refractivity contribution in [3.8, 4) is 0 Å². The third kappa shape index (κ3) is 3.79. The van der Waals surface area contributed by atoms with Gasteiger partial charge in [0.15, 0.2) is 0 Å². The molecule has 6 heteroatoms. The van der Waals surface area contributed by atoms with Crippen molar-refractivity contribution < 1.29 is 8.42 Å². The van der Waals surface area contributed by atoms with Crippen molar-refractivity contribution in [2.75, 3.05) is 5.73 Å². The molecule has 0 saturated heterocycles. The Morgan fingerprint density at radius 3 is 2.52 bits per heavy atom. The van der Waals surface area contributed by atoms with E-state index in [-0.39, 0.29) is 10.9 Å². The van der Waals surface area contributed by atoms with E-state index in [2.05, 4.69) is 34.5 Å². The lowest BCUT2D eigenvalue weighted by molar-refractivity contribution is 0.242. The molecule has 3 atom stereocenters. The predicted molar refractivity (Wildman–Crippen MR) is 89.6 cm³/mol. The van der Waals surface area contributed by atoms with Crippen LogP contribution in [0.1, 0.15) is 38.7 Å². The maximum atomic E-state index is 12.6. The van der Waals surface area contributed by atoms with E-state index in [1.807, 2.05) is 0 Å². The number of hydrogen-bond acceptors (Lipinski definition) is 3. The second kappa shape index (κ2) is 6.26. The molecule has 0 amide bonds. The molecular formula is C15H23BrN2O2S. The van der Waals surface area contributed by atoms with Crippen LogP contribution < -0.4 is 10.5 Å². The van der Waals surface area contributed by atoms with Gasteiger partial charge in [-0.2, -0.15) is 0 Å². The summed E-state index contributed by atoms with van der Waals surface area (Å²) < 4.78 is 28.8. The molecule has 1 saturated carbocycles. The van der Waals surface area contributed by atoms with Crippen LogP contribution in [0.5, 0.6) is 0 Å². The minimum absolute atomic E-state index is 0.0146. The van der Waals surface area contributed by atoms with Crippen molar-refractivity contribution in [2.45, 2.75) is 51.0 Å². The molecule has 0 bridgehead atoms. The summed E-state index contributed by atoms with van der Waals surface area (Å²) in [6.07, 6.45) is 2.85. The van der Waals surface area contributed by atoms with Gasteiger partial charge in [-0.25, -0.2) is 13.1 Å². The minimum atomic E-state index is -3.54. The average Bonchev–Trinajstić information content (AvgIpc) is 2.37. The second-order valence-electron chi connectivity index (χ2n) is 6.20. The molecule has 0 aromatic heterocycles. The van der Waals surface area contributed by atoms with Crippen molar-refractivity contribution in [1.29, 1.82) is 0 Å². The van der Waals surface area contributed by atoms with Crippen LogP contribution in [-0.2, 0) is 10.0 Å². The van der Waals surface area contributed by atoms with Crippen LogP contribution in [0.4, 0.5) is 5.69 Å². The fourth-order valence-electron chi connectivity index (χ4n) is 2.89. The highest BCUT2D eigenvalue weighted by Crippen LogP contribution is 2.31. The van der Waals surface area contributed by atoms with Gasteiger partial charge in [-0.3, -0.25) is 0 Å². The molecule has 0 aliphatic heterocycles. The van der Waals surface area contributed by atoms with E-state index in [1.165, 1.54) is 0 Å². The van der Waals surface area contributed by atoms with Crippen molar-refractivity contribution in [2.24, 2.45) is 11.8 Å². The van der Waals surface area contributed by atoms with E-state index >= 15 is 0 Å². The fraction of sp³-hybridized carbons (Fsp3) is 0.600. The number of rotatable bonds is 3. The van der Waals surface area contributed by atoms with Crippen molar-refractivity contribution in [3.63, 3.8) is 0 Å². The molecule has 3 unspecified atom stereocenters. The third-order valence-electron chi connectivity index (χ3n) is 4.57. The highest BCUT2D eigenvalue weighted by molar-refractivity contribution is 9.10. The number of nitrogens with two attached hydrogens (primary N) is 1. The van der Waals surface area contributed by atoms with Gasteiger partial charge in [-0.15, -0.1) is 0 Å². The molecule has 2 rings (SSSR count). The lowest BCUT2D eigenvalue weighted by atomic mass is 9.79. The summed E-state index contributed by atoms with van der Waals surface area (Å²) in [5.74, 6) is 1.20. The topological polar surface area (TPSA) is 72.2 Å². The van der Waals surface area contributed by atoms with Crippen LogP contribution in [0.2, 0.25) is 0 Å². The molecule has 1 aromatic rings. The molecule has 1 aliphatic carbocycles. The summed E-state index contributed by atoms with van der Waals surface area (Å²) in [5, 5.41) is 0. The summed E-state index contributed by atoms with van der Waals surface area (Å²) in [6, 6.07) is 3.35. The monoisotopic (exact) mass is 374 g/mol. The van der Waals surface area contributed by atoms with Gasteiger partial charge in [0, 0.05) is 16.2 Å². The Bertz CT molecular complexity index is 631. The first-order valence-electron chi connectivity index (χ1n) is 7.28. The van der Waals surface area contributed by atoms with Crippen LogP contribution in [-0.4, -0.2) is 14.5 Å². The van der Waals surface area contributed by atoms with E-state index in [0.29, 0.717) is 27.6 Å². The summed E-state index contributed by atoms with van der Waals surface area (Å²) in [7, 11) is -3.54. The summed E-state index contributed by atoms with van der Waals surface area (Å²) in [6.45, 7) is 6.16. The Morgan fingerprint density at radius 2 is 1.90 bits per heavy atom. The van der Waals surface area contributed by atoms with Crippen LogP contribution in [0.15, 0.2) is 21.5 Å². The van der Waals surface area contributed by atoms with E-state index in [0.717, 1.165) is 19.3 Å². The number of hydrogen-bond donors (Lipinski definition) is 2. The standard InChI is InChI=1S/C15H23BrN2O2S/c1-9-4-5-13(6-10(9)2)18-21(19,20)15-8-12(16)7-14(17)11(15)3/h7-10,13,18H,4-6,17H2,1-3H3. The van der Waals surface area contributed by atoms with Gasteiger partial charge in [0.1, 0.15) is 0 Å². The maximum Gasteiger partial charge on any atom is 0.241 e. The normalized spacial score (nSPS) is 26.8. The molecular weight excluding hydrogens is 352 g/mol. The lowest BCUT2D eigenvalue weighted by Crippen LogP contribution is -2.40. The molecule has 4 nitrogen and oxygen atoms in total. The second-order valence-corrected chi connectivity index (χ2v) is 8.80. The van der Waals surface area contributed by atoms with Gasteiger partial charge in [0.2, 0.25) is 10.0 Å². The molecule has 1 aliphatic rings. The van der Waals surface area contributed by atoms with Crippen molar-refractivity contribution >= 4 is 31.6 Å². The average molecular weight is 375 g/mol. The van der Waals surface area contributed by atoms with E-state index < -0.39 is 10.0 Å². The number of nitrogen functional groups attached to an aromatic ring is 1. The lowest BCUT2D eigenvalue weighted by Gasteiger charge is -2.32. The largest absolute Gasteiger partial charge is 0.398 e. The summed E-state index contributed by atoms with van der Waals surface area (Å²) in [4.78, 5) is 0.264. The molecule has 0 heterocycles. The van der Waals surface area contributed by atoms with Gasteiger partial charge in [0.25, 0.3) is 0 Å². The van der Waals surface area contributed by atoms with Gasteiger partial charge in [0.05, 0.1) is 4.90 Å². The number of anilines is 1. The minimum Gasteiger partial charge on any atom is -0.398 e. The Labute approximate surface area is 135 Å². The van der Waals surface area contributed by atoms with E-state index in [9.17, 15) is 8.42 Å². The summed E-state index contributed by atoms with van der Waals surface area (Å²) >= 11 is 3.31. The van der Waals surface area contributed by atoms with Gasteiger partial charge >= 0.3 is 0 Å². The first-order valence-corrected chi connectivity index (χ1v) is 9.56. The molecule has 0 radical (unpaired) electrons. The Kier molecular flexibility index (Phi) is 5.00. The quantitative estimate of drug-likeness (QED) is 0.795. The van der Waals surface area contributed by atoms with Crippen LogP contribution >= 0.6 is 15.9 Å². The van der Waals surface area contributed by atoms with Crippen LogP contribution in [0, 0.1) is 18.8 Å². The SMILES string of the molecule is Cc1c(N)cc(Br)cc1S(=O)(=O)NC1CCC(C)C(C)C1. The maximum absolute atomic E-state index is 12.6. The Hall–Kier alpha value is -0.590. The first-order chi connectivity index (χ1) is 9.70. The van der Waals surface area contributed by atoms with Gasteiger partial charge in [-0.1, -0.05) is 29.8 Å². The molecule has 118 valence electrons. The van der Waals surface area contributed by atoms with Crippen molar-refractivity contribution in [3.05, 3.63) is 22.2 Å². The molecule has 0 spiro atoms. The predicted octanol–water partition coefficient (Wildman–Crippen LogP) is 3.44. The van der Waals surface area contributed by atoms with E-state index in [1.54, 1.807) is 19.1 Å². The van der Waals surface area contributed by atoms with Gasteiger partial charge in [-0.05, 0) is 55.7 Å². The van der Waals surface area contributed by atoms with Gasteiger partial charge < -0.3 is 5.73 Å². The van der Waals surface area contributed by atoms with Crippen LogP contribution in [0.3, 0.4) is 0 Å². The van der Waals surface area contributed by atoms with Crippen molar-refractivity contribution in [1.82, 2.24) is 4.72 Å². The summed E-state index contributed by atoms with van der Waals surface area (Å²) in [5.41, 5.74) is 6.95. The highest BCUT2D eigenvalue weighted by atomic mass is 79.9. The smallest absolute Gasteiger partial charge is 0.241 e. The fourth-order valence-corrected chi connectivity index (χ4v) is 5.10. The molecule has 21 heavy (non-hydrogen) atoms. The molecule has 1 fully saturated rings.